The van der Waals surface area contributed by atoms with Crippen LogP contribution in [0.3, 0.4) is 0 Å². The molecule has 5 heteroatoms. The number of halogens is 2. The van der Waals surface area contributed by atoms with E-state index in [1.54, 1.807) is 0 Å². The number of benzene rings is 1. The zero-order valence-corrected chi connectivity index (χ0v) is 11.2. The van der Waals surface area contributed by atoms with Crippen molar-refractivity contribution >= 4 is 5.91 Å². The third-order valence-electron chi connectivity index (χ3n) is 4.21. The lowest BCUT2D eigenvalue weighted by molar-refractivity contribution is -0.120. The molecule has 3 rings (SSSR count). The largest absolute Gasteiger partial charge is 0.356 e. The monoisotopic (exact) mass is 280 g/mol. The van der Waals surface area contributed by atoms with Gasteiger partial charge in [-0.1, -0.05) is 0 Å². The summed E-state index contributed by atoms with van der Waals surface area (Å²) in [6.45, 7) is 0.637. The fourth-order valence-electron chi connectivity index (χ4n) is 2.94. The smallest absolute Gasteiger partial charge is 0.220 e. The molecule has 1 saturated heterocycles. The van der Waals surface area contributed by atoms with Crippen LogP contribution in [0.15, 0.2) is 18.2 Å². The number of carbonyl (C=O) groups is 1. The van der Waals surface area contributed by atoms with Crippen molar-refractivity contribution in [2.24, 2.45) is 0 Å². The van der Waals surface area contributed by atoms with Gasteiger partial charge in [0.05, 0.1) is 0 Å². The highest BCUT2D eigenvalue weighted by Crippen LogP contribution is 2.47. The second-order valence-electron chi connectivity index (χ2n) is 5.72. The Morgan fingerprint density at radius 2 is 2.05 bits per heavy atom. The Kier molecular flexibility index (Phi) is 3.46. The summed E-state index contributed by atoms with van der Waals surface area (Å²) in [5.74, 6) is -0.706. The standard InChI is InChI=1S/C15H18F2N2O/c16-10-1-3-13(17)12(9-10)15(6-7-15)19-11-2-4-14(20)18-8-5-11/h1,3,9,11,19H,2,4-8H2,(H,18,20)/t11-/m0/s1. The molecule has 20 heavy (non-hydrogen) atoms. The van der Waals surface area contributed by atoms with E-state index in [2.05, 4.69) is 10.6 Å². The van der Waals surface area contributed by atoms with Crippen LogP contribution in [0, 0.1) is 11.6 Å². The van der Waals surface area contributed by atoms with Gasteiger partial charge in [0, 0.05) is 30.1 Å². The van der Waals surface area contributed by atoms with Crippen molar-refractivity contribution in [1.29, 1.82) is 0 Å². The molecule has 2 aliphatic rings. The van der Waals surface area contributed by atoms with Crippen molar-refractivity contribution in [2.45, 2.75) is 43.7 Å². The van der Waals surface area contributed by atoms with Crippen molar-refractivity contribution in [2.75, 3.05) is 6.54 Å². The highest BCUT2D eigenvalue weighted by molar-refractivity contribution is 5.76. The molecule has 1 aromatic carbocycles. The maximum Gasteiger partial charge on any atom is 0.220 e. The summed E-state index contributed by atoms with van der Waals surface area (Å²) in [6.07, 6.45) is 3.67. The highest BCUT2D eigenvalue weighted by atomic mass is 19.1. The van der Waals surface area contributed by atoms with E-state index < -0.39 is 11.4 Å². The first-order chi connectivity index (χ1) is 9.59. The minimum absolute atomic E-state index is 0.0658. The van der Waals surface area contributed by atoms with Crippen LogP contribution >= 0.6 is 0 Å². The molecule has 1 aliphatic heterocycles. The number of hydrogen-bond acceptors (Lipinski definition) is 2. The first-order valence-corrected chi connectivity index (χ1v) is 7.09. The Bertz CT molecular complexity index is 529. The van der Waals surface area contributed by atoms with Crippen LogP contribution in [0.2, 0.25) is 0 Å². The quantitative estimate of drug-likeness (QED) is 0.891. The van der Waals surface area contributed by atoms with Crippen molar-refractivity contribution in [3.8, 4) is 0 Å². The third kappa shape index (κ3) is 2.68. The highest BCUT2D eigenvalue weighted by Gasteiger charge is 2.47. The fraction of sp³-hybridized carbons (Fsp3) is 0.533. The van der Waals surface area contributed by atoms with E-state index in [1.165, 1.54) is 12.1 Å². The van der Waals surface area contributed by atoms with Gasteiger partial charge in [-0.25, -0.2) is 8.78 Å². The summed E-state index contributed by atoms with van der Waals surface area (Å²) in [5.41, 5.74) is -0.0226. The number of amides is 1. The molecule has 1 atom stereocenters. The van der Waals surface area contributed by atoms with Crippen LogP contribution in [0.4, 0.5) is 8.78 Å². The molecular formula is C15H18F2N2O. The van der Waals surface area contributed by atoms with Crippen LogP contribution in [0.25, 0.3) is 0 Å². The zero-order chi connectivity index (χ0) is 14.2. The van der Waals surface area contributed by atoms with Gasteiger partial charge in [-0.2, -0.15) is 0 Å². The molecule has 1 saturated carbocycles. The summed E-state index contributed by atoms with van der Waals surface area (Å²) < 4.78 is 27.3. The number of rotatable bonds is 3. The first-order valence-electron chi connectivity index (χ1n) is 7.09. The Hall–Kier alpha value is -1.49. The first kappa shape index (κ1) is 13.5. The van der Waals surface area contributed by atoms with Gasteiger partial charge in [0.1, 0.15) is 11.6 Å². The second-order valence-corrected chi connectivity index (χ2v) is 5.72. The minimum atomic E-state index is -0.440. The molecule has 1 amide bonds. The van der Waals surface area contributed by atoms with E-state index in [4.69, 9.17) is 0 Å². The SMILES string of the molecule is O=C1CC[C@H](NC2(c3cc(F)ccc3F)CC2)CCN1. The van der Waals surface area contributed by atoms with Crippen LogP contribution in [0.5, 0.6) is 0 Å². The fourth-order valence-corrected chi connectivity index (χ4v) is 2.94. The van der Waals surface area contributed by atoms with Gasteiger partial charge in [-0.15, -0.1) is 0 Å². The van der Waals surface area contributed by atoms with Gasteiger partial charge in [-0.3, -0.25) is 4.79 Å². The number of nitrogens with one attached hydrogen (secondary N) is 2. The Morgan fingerprint density at radius 3 is 2.80 bits per heavy atom. The normalized spacial score (nSPS) is 24.9. The lowest BCUT2D eigenvalue weighted by atomic mass is 10.0. The van der Waals surface area contributed by atoms with E-state index in [9.17, 15) is 13.6 Å². The number of carbonyl (C=O) groups excluding carboxylic acids is 1. The molecule has 0 aromatic heterocycles. The van der Waals surface area contributed by atoms with Crippen molar-refractivity contribution in [3.63, 3.8) is 0 Å². The van der Waals surface area contributed by atoms with Gasteiger partial charge >= 0.3 is 0 Å². The van der Waals surface area contributed by atoms with Crippen molar-refractivity contribution in [3.05, 3.63) is 35.4 Å². The minimum Gasteiger partial charge on any atom is -0.356 e. The van der Waals surface area contributed by atoms with Crippen LogP contribution < -0.4 is 10.6 Å². The third-order valence-corrected chi connectivity index (χ3v) is 4.21. The van der Waals surface area contributed by atoms with Gasteiger partial charge in [-0.05, 0) is 43.9 Å². The predicted octanol–water partition coefficient (Wildman–Crippen LogP) is 2.21. The molecule has 108 valence electrons. The Morgan fingerprint density at radius 1 is 1.25 bits per heavy atom. The lowest BCUT2D eigenvalue weighted by Crippen LogP contribution is -2.39. The van der Waals surface area contributed by atoms with Gasteiger partial charge in [0.2, 0.25) is 5.91 Å². The molecule has 0 unspecified atom stereocenters. The predicted molar refractivity (Wildman–Crippen MR) is 71.1 cm³/mol. The molecular weight excluding hydrogens is 262 g/mol. The molecule has 0 radical (unpaired) electrons. The van der Waals surface area contributed by atoms with Crippen LogP contribution in [-0.4, -0.2) is 18.5 Å². The van der Waals surface area contributed by atoms with Crippen LogP contribution in [0.1, 0.15) is 37.7 Å². The molecule has 2 N–H and O–H groups in total. The Labute approximate surface area is 116 Å². The molecule has 0 bridgehead atoms. The lowest BCUT2D eigenvalue weighted by Gasteiger charge is -2.25. The summed E-state index contributed by atoms with van der Waals surface area (Å²) in [5, 5.41) is 6.28. The second kappa shape index (κ2) is 5.13. The average molecular weight is 280 g/mol. The maximum absolute atomic E-state index is 13.9. The van der Waals surface area contributed by atoms with E-state index in [0.29, 0.717) is 18.5 Å². The molecule has 0 spiro atoms. The van der Waals surface area contributed by atoms with Crippen molar-refractivity contribution < 1.29 is 13.6 Å². The molecule has 2 fully saturated rings. The van der Waals surface area contributed by atoms with E-state index in [0.717, 1.165) is 31.7 Å². The summed E-state index contributed by atoms with van der Waals surface area (Å²) >= 11 is 0. The summed E-state index contributed by atoms with van der Waals surface area (Å²) in [4.78, 5) is 11.3. The molecule has 1 aromatic rings. The van der Waals surface area contributed by atoms with Crippen LogP contribution in [-0.2, 0) is 10.3 Å². The zero-order valence-electron chi connectivity index (χ0n) is 11.2. The topological polar surface area (TPSA) is 41.1 Å². The van der Waals surface area contributed by atoms with Crippen molar-refractivity contribution in [1.82, 2.24) is 10.6 Å². The van der Waals surface area contributed by atoms with Gasteiger partial charge in [0.15, 0.2) is 0 Å². The Balaban J connectivity index is 1.76. The summed E-state index contributed by atoms with van der Waals surface area (Å²) in [7, 11) is 0. The van der Waals surface area contributed by atoms with Gasteiger partial charge < -0.3 is 10.6 Å². The maximum atomic E-state index is 13.9. The van der Waals surface area contributed by atoms with Gasteiger partial charge in [0.25, 0.3) is 0 Å². The molecule has 1 aliphatic carbocycles. The number of hydrogen-bond donors (Lipinski definition) is 2. The van der Waals surface area contributed by atoms with E-state index in [-0.39, 0.29) is 17.8 Å². The van der Waals surface area contributed by atoms with E-state index >= 15 is 0 Å². The summed E-state index contributed by atoms with van der Waals surface area (Å²) in [6, 6.07) is 3.78. The molecule has 1 heterocycles. The average Bonchev–Trinajstić information content (AvgIpc) is 3.21. The van der Waals surface area contributed by atoms with E-state index in [1.807, 2.05) is 0 Å². The molecule has 3 nitrogen and oxygen atoms in total.